The Hall–Kier alpha value is -8.54. The van der Waals surface area contributed by atoms with Crippen LogP contribution in [0.4, 0.5) is 0 Å². The van der Waals surface area contributed by atoms with Crippen LogP contribution in [0.5, 0.6) is 0 Å². The molecular formula is C75H124N14O16. The molecule has 0 unspecified atom stereocenters. The summed E-state index contributed by atoms with van der Waals surface area (Å²) in [6.07, 6.45) is 1.08. The lowest BCUT2D eigenvalue weighted by Gasteiger charge is -2.33. The number of aliphatic hydroxyl groups excluding tert-OH is 1. The molecule has 17 atom stereocenters. The molecule has 0 radical (unpaired) electrons. The summed E-state index contributed by atoms with van der Waals surface area (Å²) in [4.78, 5) is 202. The minimum absolute atomic E-state index is 0.0355. The lowest BCUT2D eigenvalue weighted by atomic mass is 9.95. The molecule has 30 nitrogen and oxygen atoms in total. The number of rotatable bonds is 33. The molecule has 2 aliphatic rings. The van der Waals surface area contributed by atoms with Crippen molar-refractivity contribution in [2.75, 3.05) is 13.1 Å². The third kappa shape index (κ3) is 27.4. The number of allylic oxidation sites excluding steroid dienone is 1. The molecule has 1 aromatic rings. The number of nitrogens with zero attached hydrogens (tertiary/aromatic N) is 1. The Morgan fingerprint density at radius 2 is 1.15 bits per heavy atom. The van der Waals surface area contributed by atoms with Gasteiger partial charge in [0.2, 0.25) is 70.9 Å². The molecule has 590 valence electrons. The van der Waals surface area contributed by atoms with Gasteiger partial charge in [0.15, 0.2) is 0 Å². The van der Waals surface area contributed by atoms with Gasteiger partial charge in [0.1, 0.15) is 84.3 Å². The molecular weight excluding hydrogens is 1350 g/mol. The summed E-state index contributed by atoms with van der Waals surface area (Å²) in [6.45, 7) is 31.7. The van der Waals surface area contributed by atoms with E-state index in [1.54, 1.807) is 127 Å². The summed E-state index contributed by atoms with van der Waals surface area (Å²) in [5, 5.41) is 43.2. The van der Waals surface area contributed by atoms with Gasteiger partial charge < -0.3 is 84.3 Å². The molecule has 2 fully saturated rings. The van der Waals surface area contributed by atoms with Crippen molar-refractivity contribution in [1.82, 2.24) is 68.7 Å². The van der Waals surface area contributed by atoms with E-state index in [0.717, 1.165) is 6.42 Å². The second kappa shape index (κ2) is 43.8. The van der Waals surface area contributed by atoms with Gasteiger partial charge in [-0.2, -0.15) is 0 Å². The van der Waals surface area contributed by atoms with E-state index >= 15 is 9.59 Å². The van der Waals surface area contributed by atoms with Gasteiger partial charge in [0, 0.05) is 19.4 Å². The van der Waals surface area contributed by atoms with E-state index < -0.39 is 203 Å². The van der Waals surface area contributed by atoms with Crippen LogP contribution in [0.2, 0.25) is 0 Å². The zero-order valence-electron chi connectivity index (χ0n) is 65.2. The van der Waals surface area contributed by atoms with Crippen molar-refractivity contribution >= 4 is 82.8 Å². The van der Waals surface area contributed by atoms with E-state index in [0.29, 0.717) is 24.8 Å². The van der Waals surface area contributed by atoms with Gasteiger partial charge in [0.05, 0.1) is 6.10 Å². The molecule has 0 aromatic heterocycles. The van der Waals surface area contributed by atoms with Crippen LogP contribution >= 0.6 is 0 Å². The highest BCUT2D eigenvalue weighted by atomic mass is 16.5. The Morgan fingerprint density at radius 1 is 0.610 bits per heavy atom. The molecule has 0 saturated carbocycles. The average Bonchev–Trinajstić information content (AvgIpc) is 1.80. The van der Waals surface area contributed by atoms with Gasteiger partial charge in [0.25, 0.3) is 5.91 Å². The van der Waals surface area contributed by atoms with Crippen LogP contribution in [-0.4, -0.2) is 191 Å². The fourth-order valence-corrected chi connectivity index (χ4v) is 12.0. The van der Waals surface area contributed by atoms with Gasteiger partial charge in [-0.1, -0.05) is 166 Å². The number of amides is 13. The lowest BCUT2D eigenvalue weighted by molar-refractivity contribution is -0.157. The van der Waals surface area contributed by atoms with E-state index in [1.165, 1.54) is 31.7 Å². The predicted octanol–water partition coefficient (Wildman–Crippen LogP) is 1.84. The van der Waals surface area contributed by atoms with Crippen molar-refractivity contribution in [3.63, 3.8) is 0 Å². The number of carbonyl (C=O) groups is 14. The summed E-state index contributed by atoms with van der Waals surface area (Å²) in [6, 6.07) is -7.67. The Balaban J connectivity index is 2.00. The zero-order valence-corrected chi connectivity index (χ0v) is 65.2. The number of esters is 1. The van der Waals surface area contributed by atoms with Crippen molar-refractivity contribution < 1.29 is 77.0 Å². The highest BCUT2D eigenvalue weighted by Gasteiger charge is 2.44. The van der Waals surface area contributed by atoms with Crippen LogP contribution in [0, 0.1) is 47.3 Å². The maximum Gasteiger partial charge on any atom is 0.329 e. The Kier molecular flexibility index (Phi) is 37.8. The number of nitrogens with two attached hydrogens (primary N) is 1. The van der Waals surface area contributed by atoms with Crippen molar-refractivity contribution in [3.05, 3.63) is 47.7 Å². The quantitative estimate of drug-likeness (QED) is 0.0353. The summed E-state index contributed by atoms with van der Waals surface area (Å²) in [5.41, 5.74) is 6.34. The molecule has 2 saturated heterocycles. The first-order valence-electron chi connectivity index (χ1n) is 37.5. The fourth-order valence-electron chi connectivity index (χ4n) is 12.0. The van der Waals surface area contributed by atoms with Crippen LogP contribution in [0.1, 0.15) is 195 Å². The fraction of sp³-hybridized carbons (Fsp3) is 0.707. The molecule has 2 aliphatic heterocycles. The van der Waals surface area contributed by atoms with Crippen LogP contribution in [0.3, 0.4) is 0 Å². The summed E-state index contributed by atoms with van der Waals surface area (Å²) in [7, 11) is 0. The lowest BCUT2D eigenvalue weighted by Crippen LogP contribution is -2.64. The first kappa shape index (κ1) is 90.7. The molecule has 3 rings (SSSR count). The molecule has 30 heteroatoms. The molecule has 1 aromatic carbocycles. The maximum atomic E-state index is 15.0. The minimum atomic E-state index is -1.83. The number of carbonyl (C=O) groups excluding carboxylic acids is 14. The number of ether oxygens (including phenoxy) is 1. The first-order chi connectivity index (χ1) is 49.3. The molecule has 15 N–H and O–H groups in total. The van der Waals surface area contributed by atoms with Crippen molar-refractivity contribution in [1.29, 1.82) is 0 Å². The standard InChI is InChI=1S/C75H124N14O16/c1-20-43(15)33-34-53(91)80-54(38(5)6)68(97)87-61(46(18)90)72(101)82-56(40(9)10)69(98)83-57(41(11)12)74(103)89-36-28-32-52(89)66(95)78-50(31-27-35-76)64(93)85-59(44(16)21-2)71(100)88-62-47(19)105-75(104)58(42(13)14)84-63(92)49(23-4)77-65(94)51(37-48-29-25-24-26-30-48)79-67(96)55(39(7)8)81-70(99)60(45(17)22-3)86-73(62)102/h23-26,29-30,38-47,50-52,54-62,90H,20-22,27-28,31-37,76H2,1-19H3,(H,77,94)(H,78,95)(H,79,96)(H,80,91)(H,81,99)(H,82,101)(H,83,98)(H,84,92)(H,85,93)(H,86,102)(H,87,97)(H,88,100)/b49-23-/t43-,44-,45-,46+,47+,50-,51-,52-,54+,55+,56-,57+,58-,59+,60+,61-,62+/m0/s1. The highest BCUT2D eigenvalue weighted by Crippen LogP contribution is 2.23. The SMILES string of the molecule is C/C=C1\NC(=O)[C@H](Cc2ccccc2)NC(=O)[C@@H](C(C)C)NC(=O)[C@@H]([C@@H](C)CC)NC(=O)[C@H](NC(=O)[C@H](NC(=O)[C@H](CCCN)NC(=O)[C@@H]2CCCN2C(=O)[C@H](NC(=O)[C@@H](NC(=O)[C@@H](NC(=O)[C@H](NC(=O)CC[C@@H](C)CC)C(C)C)[C@@H](C)O)C(C)C)C(C)C)[C@@H](C)CC)[C@@H](C)OC(=O)[C@H](C(C)C)NC1=O. The number of cyclic esters (lactones) is 1. The smallest absolute Gasteiger partial charge is 0.329 e. The Morgan fingerprint density at radius 3 is 1.69 bits per heavy atom. The Bertz CT molecular complexity index is 3160. The summed E-state index contributed by atoms with van der Waals surface area (Å²) >= 11 is 0. The van der Waals surface area contributed by atoms with E-state index in [4.69, 9.17) is 10.5 Å². The normalized spacial score (nSPS) is 22.8. The number of benzene rings is 1. The van der Waals surface area contributed by atoms with Crippen LogP contribution in [0.25, 0.3) is 0 Å². The number of likely N-dealkylation sites (tertiary alicyclic amines) is 1. The van der Waals surface area contributed by atoms with Gasteiger partial charge in [-0.25, -0.2) is 4.79 Å². The second-order valence-corrected chi connectivity index (χ2v) is 30.0. The van der Waals surface area contributed by atoms with Gasteiger partial charge in [-0.15, -0.1) is 0 Å². The topological polar surface area (TPSA) is 442 Å². The number of hydrogen-bond acceptors (Lipinski definition) is 17. The number of nitrogens with one attached hydrogen (secondary N) is 12. The molecule has 0 aliphatic carbocycles. The number of hydrogen-bond donors (Lipinski definition) is 14. The molecule has 2 heterocycles. The molecule has 13 amide bonds. The van der Waals surface area contributed by atoms with Crippen molar-refractivity contribution in [2.24, 2.45) is 53.1 Å². The molecule has 105 heavy (non-hydrogen) atoms. The Labute approximate surface area is 620 Å². The molecule has 0 spiro atoms. The van der Waals surface area contributed by atoms with Crippen LogP contribution in [0.15, 0.2) is 42.1 Å². The predicted molar refractivity (Wildman–Crippen MR) is 395 cm³/mol. The van der Waals surface area contributed by atoms with Crippen LogP contribution < -0.4 is 69.5 Å². The maximum absolute atomic E-state index is 15.0. The highest BCUT2D eigenvalue weighted by molar-refractivity contribution is 6.03. The van der Waals surface area contributed by atoms with Crippen molar-refractivity contribution in [3.8, 4) is 0 Å². The first-order valence-corrected chi connectivity index (χ1v) is 37.5. The third-order valence-electron chi connectivity index (χ3n) is 19.6. The minimum Gasteiger partial charge on any atom is -0.458 e. The van der Waals surface area contributed by atoms with Crippen LogP contribution in [-0.2, 0) is 78.3 Å². The van der Waals surface area contributed by atoms with E-state index in [1.807, 2.05) is 13.8 Å². The average molecular weight is 1480 g/mol. The van der Waals surface area contributed by atoms with Gasteiger partial charge in [-0.05, 0) is 112 Å². The summed E-state index contributed by atoms with van der Waals surface area (Å²) in [5.74, 6) is -15.2. The molecule has 0 bridgehead atoms. The van der Waals surface area contributed by atoms with Crippen molar-refractivity contribution in [2.45, 2.75) is 280 Å². The number of aliphatic hydroxyl groups is 1. The third-order valence-corrected chi connectivity index (χ3v) is 19.6. The van der Waals surface area contributed by atoms with E-state index in [9.17, 15) is 62.6 Å². The monoisotopic (exact) mass is 1480 g/mol. The second-order valence-electron chi connectivity index (χ2n) is 30.0. The van der Waals surface area contributed by atoms with E-state index in [2.05, 4.69) is 63.8 Å². The largest absolute Gasteiger partial charge is 0.458 e. The van der Waals surface area contributed by atoms with Gasteiger partial charge >= 0.3 is 5.97 Å². The van der Waals surface area contributed by atoms with E-state index in [-0.39, 0.29) is 69.1 Å². The van der Waals surface area contributed by atoms with Gasteiger partial charge in [-0.3, -0.25) is 62.3 Å². The summed E-state index contributed by atoms with van der Waals surface area (Å²) < 4.78 is 5.96. The zero-order chi connectivity index (χ0) is 79.4.